The van der Waals surface area contributed by atoms with Gasteiger partial charge in [-0.15, -0.1) is 0 Å². The fraction of sp³-hybridized carbons (Fsp3) is 0. The van der Waals surface area contributed by atoms with Gasteiger partial charge in [0.25, 0.3) is 0 Å². The van der Waals surface area contributed by atoms with Gasteiger partial charge in [-0.1, -0.05) is 158 Å². The van der Waals surface area contributed by atoms with Crippen LogP contribution in [-0.2, 0) is 0 Å². The average Bonchev–Trinajstić information content (AvgIpc) is 3.58. The van der Waals surface area contributed by atoms with Gasteiger partial charge in [-0.3, -0.25) is 0 Å². The third-order valence-corrected chi connectivity index (χ3v) is 8.59. The third-order valence-electron chi connectivity index (χ3n) is 8.59. The summed E-state index contributed by atoms with van der Waals surface area (Å²) in [4.78, 5) is 0. The lowest BCUT2D eigenvalue weighted by atomic mass is 9.85. The Morgan fingerprint density at radius 2 is 0.889 bits per heavy atom. The van der Waals surface area contributed by atoms with Crippen LogP contribution in [0, 0.1) is 0 Å². The molecule has 0 amide bonds. The molecule has 0 bridgehead atoms. The van der Waals surface area contributed by atoms with Crippen LogP contribution in [0.15, 0.2) is 174 Å². The zero-order valence-corrected chi connectivity index (χ0v) is 24.1. The first kappa shape index (κ1) is 20.1. The molecule has 0 aliphatic rings. The lowest BCUT2D eigenvalue weighted by Gasteiger charge is -2.18. The maximum Gasteiger partial charge on any atom is 0.143 e. The van der Waals surface area contributed by atoms with Crippen molar-refractivity contribution in [2.45, 2.75) is 0 Å². The molecule has 210 valence electrons. The summed E-state index contributed by atoms with van der Waals surface area (Å²) in [7, 11) is 0. The van der Waals surface area contributed by atoms with Crippen LogP contribution in [0.4, 0.5) is 0 Å². The second-order valence-electron chi connectivity index (χ2n) is 11.2. The molecular formula is C44H28O. The summed E-state index contributed by atoms with van der Waals surface area (Å²) in [6.07, 6.45) is 0. The summed E-state index contributed by atoms with van der Waals surface area (Å²) < 4.78 is 61.1. The number of fused-ring (bicyclic) bond motifs is 5. The quantitative estimate of drug-likeness (QED) is 0.189. The standard InChI is InChI=1S/C44H28O/c1-3-12-29(13-4-1)30-22-24-32(25-23-30)42-35-16-7-9-18-37(35)43(38-19-10-8-17-36(38)42)33-26-27-41-40(28-33)39-21-11-20-34(44(39)45-41)31-14-5-2-6-15-31/h1-28H/i11D,20D,21D,26D,27D,28D. The Morgan fingerprint density at radius 1 is 0.378 bits per heavy atom. The van der Waals surface area contributed by atoms with E-state index in [-0.39, 0.29) is 63.8 Å². The fourth-order valence-electron chi connectivity index (χ4n) is 6.52. The number of rotatable bonds is 4. The Balaban J connectivity index is 1.37. The van der Waals surface area contributed by atoms with Crippen molar-refractivity contribution in [1.29, 1.82) is 0 Å². The minimum Gasteiger partial charge on any atom is -0.455 e. The highest BCUT2D eigenvalue weighted by molar-refractivity contribution is 6.22. The van der Waals surface area contributed by atoms with Crippen molar-refractivity contribution >= 4 is 43.5 Å². The molecule has 9 aromatic rings. The molecule has 9 rings (SSSR count). The molecule has 0 fully saturated rings. The Hall–Kier alpha value is -5.92. The van der Waals surface area contributed by atoms with E-state index in [1.54, 1.807) is 0 Å². The van der Waals surface area contributed by atoms with Gasteiger partial charge < -0.3 is 4.42 Å². The first-order valence-electron chi connectivity index (χ1n) is 18.0. The minimum absolute atomic E-state index is 0.00293. The molecule has 0 saturated heterocycles. The largest absolute Gasteiger partial charge is 0.455 e. The molecule has 1 heteroatoms. The van der Waals surface area contributed by atoms with E-state index < -0.39 is 0 Å². The molecule has 0 unspecified atom stereocenters. The van der Waals surface area contributed by atoms with Gasteiger partial charge in [0.05, 0.1) is 8.22 Å². The molecule has 45 heavy (non-hydrogen) atoms. The van der Waals surface area contributed by atoms with Crippen molar-refractivity contribution in [2.24, 2.45) is 0 Å². The monoisotopic (exact) mass is 578 g/mol. The highest BCUT2D eigenvalue weighted by atomic mass is 16.3. The molecule has 0 N–H and O–H groups in total. The summed E-state index contributed by atoms with van der Waals surface area (Å²) in [5.74, 6) is 0. The summed E-state index contributed by atoms with van der Waals surface area (Å²) in [5.41, 5.74) is 6.37. The topological polar surface area (TPSA) is 13.1 Å². The van der Waals surface area contributed by atoms with Crippen LogP contribution in [0.1, 0.15) is 8.22 Å². The summed E-state index contributed by atoms with van der Waals surface area (Å²) in [6.45, 7) is 0. The van der Waals surface area contributed by atoms with Gasteiger partial charge in [0.15, 0.2) is 0 Å². The van der Waals surface area contributed by atoms with Crippen LogP contribution in [0.5, 0.6) is 0 Å². The summed E-state index contributed by atoms with van der Waals surface area (Å²) in [5, 5.41) is 3.95. The van der Waals surface area contributed by atoms with E-state index >= 15 is 0 Å². The minimum atomic E-state index is -0.287. The van der Waals surface area contributed by atoms with Crippen molar-refractivity contribution in [2.75, 3.05) is 0 Å². The third kappa shape index (κ3) is 4.17. The molecule has 0 saturated carbocycles. The molecule has 0 aliphatic heterocycles. The maximum atomic E-state index is 9.73. The lowest BCUT2D eigenvalue weighted by molar-refractivity contribution is 0.670. The maximum absolute atomic E-state index is 9.73. The van der Waals surface area contributed by atoms with Gasteiger partial charge in [0.1, 0.15) is 11.2 Å². The Morgan fingerprint density at radius 3 is 1.51 bits per heavy atom. The summed E-state index contributed by atoms with van der Waals surface area (Å²) in [6, 6.07) is 42.7. The predicted octanol–water partition coefficient (Wildman–Crippen LogP) is 12.6. The zero-order valence-electron chi connectivity index (χ0n) is 30.1. The van der Waals surface area contributed by atoms with E-state index in [4.69, 9.17) is 8.53 Å². The highest BCUT2D eigenvalue weighted by Gasteiger charge is 2.18. The SMILES string of the molecule is [2H]c1c(-c2c3ccccc3c(-c3ccc(-c4ccccc4)cc3)c3ccccc23)c([2H])c2c(oc3c(-c4ccccc4)c([2H])c([2H])c([2H])c32)c1[2H]. The van der Waals surface area contributed by atoms with Gasteiger partial charge in [-0.05, 0) is 72.6 Å². The van der Waals surface area contributed by atoms with Gasteiger partial charge in [0, 0.05) is 16.3 Å². The lowest BCUT2D eigenvalue weighted by Crippen LogP contribution is -1.91. The highest BCUT2D eigenvalue weighted by Crippen LogP contribution is 2.45. The van der Waals surface area contributed by atoms with E-state index in [9.17, 15) is 4.11 Å². The van der Waals surface area contributed by atoms with Crippen LogP contribution in [0.25, 0.3) is 88.0 Å². The number of benzene rings is 8. The predicted molar refractivity (Wildman–Crippen MR) is 190 cm³/mol. The molecule has 0 atom stereocenters. The van der Waals surface area contributed by atoms with Gasteiger partial charge in [-0.2, -0.15) is 0 Å². The molecule has 0 radical (unpaired) electrons. The van der Waals surface area contributed by atoms with Crippen LogP contribution in [0.2, 0.25) is 0 Å². The van der Waals surface area contributed by atoms with Crippen molar-refractivity contribution in [1.82, 2.24) is 0 Å². The normalized spacial score (nSPS) is 13.4. The van der Waals surface area contributed by atoms with Gasteiger partial charge in [0.2, 0.25) is 0 Å². The number of furan rings is 1. The van der Waals surface area contributed by atoms with Crippen molar-refractivity contribution < 1.29 is 12.6 Å². The summed E-state index contributed by atoms with van der Waals surface area (Å²) >= 11 is 0. The molecule has 8 aromatic carbocycles. The number of hydrogen-bond acceptors (Lipinski definition) is 1. The molecule has 0 spiro atoms. The van der Waals surface area contributed by atoms with E-state index in [1.165, 1.54) is 0 Å². The molecule has 1 aromatic heterocycles. The molecule has 0 aliphatic carbocycles. The van der Waals surface area contributed by atoms with E-state index in [0.29, 0.717) is 16.7 Å². The van der Waals surface area contributed by atoms with Crippen LogP contribution in [0.3, 0.4) is 0 Å². The smallest absolute Gasteiger partial charge is 0.143 e. The molecule has 1 heterocycles. The number of para-hydroxylation sites is 1. The first-order valence-corrected chi connectivity index (χ1v) is 15.0. The van der Waals surface area contributed by atoms with Crippen LogP contribution >= 0.6 is 0 Å². The van der Waals surface area contributed by atoms with Crippen LogP contribution < -0.4 is 0 Å². The van der Waals surface area contributed by atoms with E-state index in [0.717, 1.165) is 43.8 Å². The number of hydrogen-bond donors (Lipinski definition) is 0. The first-order chi connectivity index (χ1) is 24.8. The second kappa shape index (κ2) is 10.4. The Kier molecular flexibility index (Phi) is 4.63. The molecular weight excluding hydrogens is 544 g/mol. The Labute approximate surface area is 270 Å². The Bertz CT molecular complexity index is 2790. The van der Waals surface area contributed by atoms with Gasteiger partial charge in [-0.25, -0.2) is 0 Å². The van der Waals surface area contributed by atoms with Crippen molar-refractivity contribution in [3.05, 3.63) is 170 Å². The molecule has 1 nitrogen and oxygen atoms in total. The van der Waals surface area contributed by atoms with E-state index in [2.05, 4.69) is 48.5 Å². The average molecular weight is 579 g/mol. The van der Waals surface area contributed by atoms with Crippen LogP contribution in [-0.4, -0.2) is 0 Å². The second-order valence-corrected chi connectivity index (χ2v) is 11.2. The van der Waals surface area contributed by atoms with Gasteiger partial charge >= 0.3 is 0 Å². The van der Waals surface area contributed by atoms with Crippen molar-refractivity contribution in [3.63, 3.8) is 0 Å². The zero-order chi connectivity index (χ0) is 35.0. The fourth-order valence-corrected chi connectivity index (χ4v) is 6.52. The van der Waals surface area contributed by atoms with E-state index in [1.807, 2.05) is 84.9 Å². The van der Waals surface area contributed by atoms with Crippen molar-refractivity contribution in [3.8, 4) is 44.5 Å².